The summed E-state index contributed by atoms with van der Waals surface area (Å²) in [5, 5.41) is 2.98. The smallest absolute Gasteiger partial charge is 0.260 e. The van der Waals surface area contributed by atoms with E-state index in [2.05, 4.69) is 21.2 Å². The van der Waals surface area contributed by atoms with Crippen LogP contribution in [0.3, 0.4) is 0 Å². The number of nitrogens with zero attached hydrogens (tertiary/aromatic N) is 1. The summed E-state index contributed by atoms with van der Waals surface area (Å²) in [7, 11) is 0. The lowest BCUT2D eigenvalue weighted by atomic mass is 9.73. The summed E-state index contributed by atoms with van der Waals surface area (Å²) >= 11 is 3.39. The quantitative estimate of drug-likeness (QED) is 0.837. The van der Waals surface area contributed by atoms with Crippen LogP contribution in [0.5, 0.6) is 5.75 Å². The SMILES string of the molecule is O=C(COc1cccc(Br)c1)N1CCC2(CC1)C(=O)Nc1ccccc12. The summed E-state index contributed by atoms with van der Waals surface area (Å²) in [5.74, 6) is 0.660. The number of carbonyl (C=O) groups excluding carboxylic acids is 2. The number of nitrogens with one attached hydrogen (secondary N) is 1. The number of piperidine rings is 1. The Morgan fingerprint density at radius 3 is 2.69 bits per heavy atom. The van der Waals surface area contributed by atoms with Crippen molar-refractivity contribution in [2.45, 2.75) is 18.3 Å². The van der Waals surface area contributed by atoms with E-state index >= 15 is 0 Å². The van der Waals surface area contributed by atoms with Gasteiger partial charge in [0.15, 0.2) is 6.61 Å². The molecule has 6 heteroatoms. The first-order valence-electron chi connectivity index (χ1n) is 8.66. The van der Waals surface area contributed by atoms with Crippen molar-refractivity contribution in [2.75, 3.05) is 25.0 Å². The van der Waals surface area contributed by atoms with E-state index in [4.69, 9.17) is 4.74 Å². The Kier molecular flexibility index (Phi) is 4.44. The number of halogens is 1. The van der Waals surface area contributed by atoms with Crippen LogP contribution in [0.2, 0.25) is 0 Å². The van der Waals surface area contributed by atoms with Gasteiger partial charge in [-0.3, -0.25) is 9.59 Å². The van der Waals surface area contributed by atoms with Gasteiger partial charge >= 0.3 is 0 Å². The molecule has 0 bridgehead atoms. The van der Waals surface area contributed by atoms with Crippen LogP contribution in [0.1, 0.15) is 18.4 Å². The average molecular weight is 415 g/mol. The van der Waals surface area contributed by atoms with Crippen LogP contribution < -0.4 is 10.1 Å². The summed E-state index contributed by atoms with van der Waals surface area (Å²) in [5.41, 5.74) is 1.45. The zero-order valence-electron chi connectivity index (χ0n) is 14.2. The molecule has 134 valence electrons. The maximum Gasteiger partial charge on any atom is 0.260 e. The summed E-state index contributed by atoms with van der Waals surface area (Å²) < 4.78 is 6.51. The van der Waals surface area contributed by atoms with Crippen molar-refractivity contribution in [1.29, 1.82) is 0 Å². The third-order valence-electron chi connectivity index (χ3n) is 5.25. The van der Waals surface area contributed by atoms with Crippen molar-refractivity contribution in [3.63, 3.8) is 0 Å². The number of benzene rings is 2. The minimum absolute atomic E-state index is 0.00619. The van der Waals surface area contributed by atoms with Gasteiger partial charge in [-0.1, -0.05) is 40.2 Å². The highest BCUT2D eigenvalue weighted by molar-refractivity contribution is 9.10. The molecule has 1 N–H and O–H groups in total. The second-order valence-corrected chi connectivity index (χ2v) is 7.62. The minimum atomic E-state index is -0.501. The van der Waals surface area contributed by atoms with Gasteiger partial charge in [0.05, 0.1) is 5.41 Å². The van der Waals surface area contributed by atoms with Gasteiger partial charge in [-0.25, -0.2) is 0 Å². The molecular formula is C20H19BrN2O3. The third-order valence-corrected chi connectivity index (χ3v) is 5.75. The predicted octanol–water partition coefficient (Wildman–Crippen LogP) is 3.34. The van der Waals surface area contributed by atoms with Crippen molar-refractivity contribution in [2.24, 2.45) is 0 Å². The van der Waals surface area contributed by atoms with Crippen LogP contribution in [0.25, 0.3) is 0 Å². The molecule has 4 rings (SSSR count). The van der Waals surface area contributed by atoms with Crippen molar-refractivity contribution >= 4 is 33.4 Å². The highest BCUT2D eigenvalue weighted by atomic mass is 79.9. The van der Waals surface area contributed by atoms with Gasteiger partial charge in [0.25, 0.3) is 5.91 Å². The molecule has 2 amide bonds. The third kappa shape index (κ3) is 2.98. The first-order chi connectivity index (χ1) is 12.6. The lowest BCUT2D eigenvalue weighted by Crippen LogP contribution is -2.49. The number of ether oxygens (including phenoxy) is 1. The van der Waals surface area contributed by atoms with Gasteiger partial charge in [-0.2, -0.15) is 0 Å². The monoisotopic (exact) mass is 414 g/mol. The normalized spacial score (nSPS) is 17.7. The molecule has 2 aromatic rings. The maximum absolute atomic E-state index is 12.6. The number of anilines is 1. The fraction of sp³-hybridized carbons (Fsp3) is 0.300. The molecule has 0 aromatic heterocycles. The number of amides is 2. The lowest BCUT2D eigenvalue weighted by Gasteiger charge is -2.37. The summed E-state index contributed by atoms with van der Waals surface area (Å²) in [6.45, 7) is 1.12. The second kappa shape index (κ2) is 6.76. The van der Waals surface area contributed by atoms with E-state index < -0.39 is 5.41 Å². The van der Waals surface area contributed by atoms with Crippen molar-refractivity contribution in [3.05, 3.63) is 58.6 Å². The van der Waals surface area contributed by atoms with Crippen molar-refractivity contribution in [1.82, 2.24) is 4.90 Å². The van der Waals surface area contributed by atoms with Gasteiger partial charge < -0.3 is 15.0 Å². The Morgan fingerprint density at radius 2 is 1.92 bits per heavy atom. The predicted molar refractivity (Wildman–Crippen MR) is 102 cm³/mol. The molecular weight excluding hydrogens is 396 g/mol. The van der Waals surface area contributed by atoms with Gasteiger partial charge in [-0.15, -0.1) is 0 Å². The van der Waals surface area contributed by atoms with E-state index in [1.165, 1.54) is 0 Å². The van der Waals surface area contributed by atoms with Crippen molar-refractivity contribution in [3.8, 4) is 5.75 Å². The van der Waals surface area contributed by atoms with Crippen LogP contribution in [0.15, 0.2) is 53.0 Å². The Balaban J connectivity index is 1.39. The van der Waals surface area contributed by atoms with Gasteiger partial charge in [0.1, 0.15) is 5.75 Å². The molecule has 1 fully saturated rings. The molecule has 2 aliphatic heterocycles. The van der Waals surface area contributed by atoms with E-state index in [0.717, 1.165) is 15.7 Å². The summed E-state index contributed by atoms with van der Waals surface area (Å²) in [4.78, 5) is 26.8. The molecule has 1 spiro atoms. The zero-order chi connectivity index (χ0) is 18.1. The average Bonchev–Trinajstić information content (AvgIpc) is 2.92. The highest BCUT2D eigenvalue weighted by Gasteiger charge is 2.48. The number of rotatable bonds is 3. The standard InChI is InChI=1S/C20H19BrN2O3/c21-14-4-3-5-15(12-14)26-13-18(24)23-10-8-20(9-11-23)16-6-1-2-7-17(16)22-19(20)25/h1-7,12H,8-11,13H2,(H,22,25). The maximum atomic E-state index is 12.6. The molecule has 26 heavy (non-hydrogen) atoms. The summed E-state index contributed by atoms with van der Waals surface area (Å²) in [6.07, 6.45) is 1.27. The Hall–Kier alpha value is -2.34. The van der Waals surface area contributed by atoms with Crippen LogP contribution in [0.4, 0.5) is 5.69 Å². The highest BCUT2D eigenvalue weighted by Crippen LogP contribution is 2.44. The zero-order valence-corrected chi connectivity index (χ0v) is 15.8. The number of hydrogen-bond donors (Lipinski definition) is 1. The molecule has 0 atom stereocenters. The number of fused-ring (bicyclic) bond motifs is 2. The van der Waals surface area contributed by atoms with Crippen LogP contribution in [-0.2, 0) is 15.0 Å². The van der Waals surface area contributed by atoms with Gasteiger partial charge in [0.2, 0.25) is 5.91 Å². The van der Waals surface area contributed by atoms with Crippen LogP contribution in [-0.4, -0.2) is 36.4 Å². The van der Waals surface area contributed by atoms with Crippen molar-refractivity contribution < 1.29 is 14.3 Å². The summed E-state index contributed by atoms with van der Waals surface area (Å²) in [6, 6.07) is 15.3. The molecule has 2 heterocycles. The molecule has 2 aliphatic rings. The van der Waals surface area contributed by atoms with E-state index in [-0.39, 0.29) is 18.4 Å². The molecule has 5 nitrogen and oxygen atoms in total. The fourth-order valence-corrected chi connectivity index (χ4v) is 4.18. The second-order valence-electron chi connectivity index (χ2n) is 6.71. The van der Waals surface area contributed by atoms with E-state index in [9.17, 15) is 9.59 Å². The topological polar surface area (TPSA) is 58.6 Å². The number of likely N-dealkylation sites (tertiary alicyclic amines) is 1. The van der Waals surface area contributed by atoms with Gasteiger partial charge in [-0.05, 0) is 42.7 Å². The van der Waals surface area contributed by atoms with E-state index in [1.54, 1.807) is 4.90 Å². The molecule has 0 saturated carbocycles. The van der Waals surface area contributed by atoms with Crippen LogP contribution >= 0.6 is 15.9 Å². The van der Waals surface area contributed by atoms with Gasteiger partial charge in [0, 0.05) is 23.2 Å². The van der Waals surface area contributed by atoms with E-state index in [1.807, 2.05) is 48.5 Å². The molecule has 1 saturated heterocycles. The Morgan fingerprint density at radius 1 is 1.15 bits per heavy atom. The first kappa shape index (κ1) is 17.1. The Labute approximate surface area is 160 Å². The minimum Gasteiger partial charge on any atom is -0.484 e. The van der Waals surface area contributed by atoms with Crippen LogP contribution in [0, 0.1) is 0 Å². The van der Waals surface area contributed by atoms with E-state index in [0.29, 0.717) is 31.7 Å². The number of para-hydroxylation sites is 1. The largest absolute Gasteiger partial charge is 0.484 e. The Bertz CT molecular complexity index is 860. The number of hydrogen-bond acceptors (Lipinski definition) is 3. The molecule has 0 unspecified atom stereocenters. The number of carbonyl (C=O) groups is 2. The lowest BCUT2D eigenvalue weighted by molar-refractivity contribution is -0.137. The molecule has 2 aromatic carbocycles. The first-order valence-corrected chi connectivity index (χ1v) is 9.45. The molecule has 0 aliphatic carbocycles. The molecule has 0 radical (unpaired) electrons. The fourth-order valence-electron chi connectivity index (χ4n) is 3.80.